The number of hydrogen-bond donors (Lipinski definition) is 2. The van der Waals surface area contributed by atoms with Crippen molar-refractivity contribution in [2.45, 2.75) is 25.3 Å². The van der Waals surface area contributed by atoms with Gasteiger partial charge in [0.15, 0.2) is 0 Å². The van der Waals surface area contributed by atoms with Crippen LogP contribution in [-0.2, 0) is 4.79 Å². The summed E-state index contributed by atoms with van der Waals surface area (Å²) in [6.07, 6.45) is 2.83. The smallest absolute Gasteiger partial charge is 0.267 e. The summed E-state index contributed by atoms with van der Waals surface area (Å²) in [5.41, 5.74) is 1.55. The number of hydrogen-bond acceptors (Lipinski definition) is 3. The van der Waals surface area contributed by atoms with E-state index in [1.54, 1.807) is 19.0 Å². The predicted octanol–water partition coefficient (Wildman–Crippen LogP) is 1.84. The van der Waals surface area contributed by atoms with Gasteiger partial charge in [-0.1, -0.05) is 18.2 Å². The average Bonchev–Trinajstić information content (AvgIpc) is 3.24. The molecule has 1 fully saturated rings. The van der Waals surface area contributed by atoms with Crippen LogP contribution in [-0.4, -0.2) is 66.4 Å². The van der Waals surface area contributed by atoms with Gasteiger partial charge in [-0.2, -0.15) is 0 Å². The van der Waals surface area contributed by atoms with E-state index in [1.165, 1.54) is 0 Å². The molecule has 1 aliphatic rings. The SMILES string of the molecule is CN(C)C(=O)C1CCCN1CCCNC(=O)c1cc2ccccc2[nH]1. The Kier molecular flexibility index (Phi) is 5.38. The highest BCUT2D eigenvalue weighted by Gasteiger charge is 2.30. The van der Waals surface area contributed by atoms with E-state index in [9.17, 15) is 9.59 Å². The monoisotopic (exact) mass is 342 g/mol. The Morgan fingerprint density at radius 1 is 1.32 bits per heavy atom. The van der Waals surface area contributed by atoms with E-state index in [0.29, 0.717) is 12.2 Å². The van der Waals surface area contributed by atoms with E-state index in [4.69, 9.17) is 0 Å². The molecule has 1 aromatic carbocycles. The maximum atomic E-state index is 12.3. The number of H-pyrrole nitrogens is 1. The van der Waals surface area contributed by atoms with Crippen molar-refractivity contribution in [3.8, 4) is 0 Å². The number of aromatic nitrogens is 1. The average molecular weight is 342 g/mol. The summed E-state index contributed by atoms with van der Waals surface area (Å²) >= 11 is 0. The molecule has 0 aliphatic carbocycles. The number of carbonyl (C=O) groups is 2. The number of benzene rings is 1. The lowest BCUT2D eigenvalue weighted by molar-refractivity contribution is -0.133. The highest BCUT2D eigenvalue weighted by Crippen LogP contribution is 2.19. The van der Waals surface area contributed by atoms with Crippen LogP contribution >= 0.6 is 0 Å². The quantitative estimate of drug-likeness (QED) is 0.787. The minimum Gasteiger partial charge on any atom is -0.351 e. The summed E-state index contributed by atoms with van der Waals surface area (Å²) in [5, 5.41) is 4.00. The van der Waals surface area contributed by atoms with Crippen molar-refractivity contribution in [2.24, 2.45) is 0 Å². The Balaban J connectivity index is 1.46. The van der Waals surface area contributed by atoms with Gasteiger partial charge in [0.1, 0.15) is 5.69 Å². The minimum absolute atomic E-state index is 0.000548. The number of amides is 2. The fourth-order valence-corrected chi connectivity index (χ4v) is 3.45. The number of nitrogens with zero attached hydrogens (tertiary/aromatic N) is 2. The maximum absolute atomic E-state index is 12.3. The zero-order valence-electron chi connectivity index (χ0n) is 14.9. The number of carbonyl (C=O) groups excluding carboxylic acids is 2. The molecular formula is C19H26N4O2. The van der Waals surface area contributed by atoms with Gasteiger partial charge in [0.05, 0.1) is 6.04 Å². The van der Waals surface area contributed by atoms with E-state index >= 15 is 0 Å². The first-order valence-corrected chi connectivity index (χ1v) is 8.87. The minimum atomic E-state index is -0.0847. The Morgan fingerprint density at radius 2 is 2.12 bits per heavy atom. The van der Waals surface area contributed by atoms with Gasteiger partial charge in [0.25, 0.3) is 5.91 Å². The van der Waals surface area contributed by atoms with Gasteiger partial charge in [-0.25, -0.2) is 0 Å². The summed E-state index contributed by atoms with van der Waals surface area (Å²) in [7, 11) is 3.61. The number of fused-ring (bicyclic) bond motifs is 1. The van der Waals surface area contributed by atoms with E-state index < -0.39 is 0 Å². The normalized spacial score (nSPS) is 17.8. The number of aromatic amines is 1. The number of likely N-dealkylation sites (tertiary alicyclic amines) is 1. The molecule has 2 amide bonds. The molecular weight excluding hydrogens is 316 g/mol. The number of likely N-dealkylation sites (N-methyl/N-ethyl adjacent to an activating group) is 1. The van der Waals surface area contributed by atoms with Crippen molar-refractivity contribution in [2.75, 3.05) is 33.7 Å². The summed E-state index contributed by atoms with van der Waals surface area (Å²) in [6, 6.07) is 9.72. The van der Waals surface area contributed by atoms with E-state index in [-0.39, 0.29) is 17.9 Å². The molecule has 1 atom stereocenters. The van der Waals surface area contributed by atoms with Crippen LogP contribution in [0.1, 0.15) is 29.8 Å². The largest absolute Gasteiger partial charge is 0.351 e. The van der Waals surface area contributed by atoms with Crippen LogP contribution in [0.25, 0.3) is 10.9 Å². The molecule has 0 spiro atoms. The lowest BCUT2D eigenvalue weighted by Crippen LogP contribution is -2.43. The summed E-state index contributed by atoms with van der Waals surface area (Å²) < 4.78 is 0. The molecule has 1 aromatic heterocycles. The van der Waals surface area contributed by atoms with E-state index in [2.05, 4.69) is 15.2 Å². The molecule has 6 nitrogen and oxygen atoms in total. The molecule has 6 heteroatoms. The van der Waals surface area contributed by atoms with Crippen LogP contribution in [0.4, 0.5) is 0 Å². The molecule has 0 bridgehead atoms. The molecule has 134 valence electrons. The van der Waals surface area contributed by atoms with Crippen molar-refractivity contribution in [3.63, 3.8) is 0 Å². The summed E-state index contributed by atoms with van der Waals surface area (Å²) in [4.78, 5) is 31.5. The molecule has 2 aromatic rings. The second kappa shape index (κ2) is 7.70. The van der Waals surface area contributed by atoms with Crippen molar-refractivity contribution >= 4 is 22.7 Å². The Labute approximate surface area is 148 Å². The topological polar surface area (TPSA) is 68.4 Å². The number of rotatable bonds is 6. The van der Waals surface area contributed by atoms with Crippen LogP contribution in [0.3, 0.4) is 0 Å². The standard InChI is InChI=1S/C19H26N4O2/c1-22(2)19(25)17-9-5-11-23(17)12-6-10-20-18(24)16-13-14-7-3-4-8-15(14)21-16/h3-4,7-8,13,17,21H,5-6,9-12H2,1-2H3,(H,20,24). The highest BCUT2D eigenvalue weighted by atomic mass is 16.2. The second-order valence-corrected chi connectivity index (χ2v) is 6.81. The van der Waals surface area contributed by atoms with Crippen LogP contribution in [0.2, 0.25) is 0 Å². The van der Waals surface area contributed by atoms with Crippen LogP contribution < -0.4 is 5.32 Å². The van der Waals surface area contributed by atoms with E-state index in [0.717, 1.165) is 43.3 Å². The Morgan fingerprint density at radius 3 is 2.88 bits per heavy atom. The number of para-hydroxylation sites is 1. The highest BCUT2D eigenvalue weighted by molar-refractivity contribution is 5.97. The molecule has 0 saturated carbocycles. The van der Waals surface area contributed by atoms with Crippen molar-refractivity contribution in [1.29, 1.82) is 0 Å². The van der Waals surface area contributed by atoms with Crippen molar-refractivity contribution in [3.05, 3.63) is 36.0 Å². The van der Waals surface area contributed by atoms with E-state index in [1.807, 2.05) is 30.3 Å². The van der Waals surface area contributed by atoms with Gasteiger partial charge in [0, 0.05) is 38.1 Å². The fourth-order valence-electron chi connectivity index (χ4n) is 3.45. The molecule has 0 radical (unpaired) electrons. The first-order valence-electron chi connectivity index (χ1n) is 8.87. The predicted molar refractivity (Wildman–Crippen MR) is 98.5 cm³/mol. The zero-order chi connectivity index (χ0) is 17.8. The maximum Gasteiger partial charge on any atom is 0.267 e. The lowest BCUT2D eigenvalue weighted by Gasteiger charge is -2.26. The van der Waals surface area contributed by atoms with Crippen LogP contribution in [0, 0.1) is 0 Å². The molecule has 25 heavy (non-hydrogen) atoms. The summed E-state index contributed by atoms with van der Waals surface area (Å²) in [5.74, 6) is 0.0955. The Bertz CT molecular complexity index is 720. The zero-order valence-corrected chi connectivity index (χ0v) is 14.9. The van der Waals surface area contributed by atoms with Crippen molar-refractivity contribution < 1.29 is 9.59 Å². The molecule has 1 aliphatic heterocycles. The second-order valence-electron chi connectivity index (χ2n) is 6.81. The third-order valence-electron chi connectivity index (χ3n) is 4.77. The first-order chi connectivity index (χ1) is 12.1. The third kappa shape index (κ3) is 4.02. The van der Waals surface area contributed by atoms with Crippen LogP contribution in [0.15, 0.2) is 30.3 Å². The van der Waals surface area contributed by atoms with Gasteiger partial charge in [-0.3, -0.25) is 14.5 Å². The van der Waals surface area contributed by atoms with Crippen LogP contribution in [0.5, 0.6) is 0 Å². The first kappa shape index (κ1) is 17.5. The van der Waals surface area contributed by atoms with Gasteiger partial charge >= 0.3 is 0 Å². The molecule has 1 unspecified atom stereocenters. The summed E-state index contributed by atoms with van der Waals surface area (Å²) in [6.45, 7) is 2.39. The Hall–Kier alpha value is -2.34. The van der Waals surface area contributed by atoms with Gasteiger partial charge < -0.3 is 15.2 Å². The molecule has 2 N–H and O–H groups in total. The molecule has 2 heterocycles. The van der Waals surface area contributed by atoms with Crippen molar-refractivity contribution in [1.82, 2.24) is 20.1 Å². The lowest BCUT2D eigenvalue weighted by atomic mass is 10.2. The van der Waals surface area contributed by atoms with Gasteiger partial charge in [0.2, 0.25) is 5.91 Å². The molecule has 1 saturated heterocycles. The fraction of sp³-hybridized carbons (Fsp3) is 0.474. The number of nitrogens with one attached hydrogen (secondary N) is 2. The third-order valence-corrected chi connectivity index (χ3v) is 4.77. The molecule has 3 rings (SSSR count). The van der Waals surface area contributed by atoms with Gasteiger partial charge in [-0.05, 0) is 37.9 Å². The van der Waals surface area contributed by atoms with Gasteiger partial charge in [-0.15, -0.1) is 0 Å².